The van der Waals surface area contributed by atoms with Gasteiger partial charge >= 0.3 is 5.97 Å². The van der Waals surface area contributed by atoms with E-state index in [0.717, 1.165) is 12.8 Å². The Morgan fingerprint density at radius 1 is 1.56 bits per heavy atom. The Kier molecular flexibility index (Phi) is 4.71. The Balaban J connectivity index is 2.49. The molecule has 1 rings (SSSR count). The fraction of sp³-hybridized carbons (Fsp3) is 0.692. The van der Waals surface area contributed by atoms with E-state index in [1.165, 1.54) is 0 Å². The summed E-state index contributed by atoms with van der Waals surface area (Å²) in [5.74, 6) is 0.440. The number of rotatable bonds is 4. The molecule has 0 amide bonds. The highest BCUT2D eigenvalue weighted by Gasteiger charge is 2.28. The van der Waals surface area contributed by atoms with Crippen molar-refractivity contribution in [3.05, 3.63) is 12.2 Å². The number of ether oxygens (including phenoxy) is 1. The van der Waals surface area contributed by atoms with E-state index in [9.17, 15) is 9.59 Å². The maximum absolute atomic E-state index is 11.7. The molecule has 0 heterocycles. The Hall–Kier alpha value is -1.12. The molecule has 1 fully saturated rings. The van der Waals surface area contributed by atoms with Gasteiger partial charge in [-0.15, -0.1) is 0 Å². The van der Waals surface area contributed by atoms with E-state index < -0.39 is 0 Å². The van der Waals surface area contributed by atoms with Crippen LogP contribution in [-0.4, -0.2) is 18.4 Å². The Labute approximate surface area is 96.9 Å². The Morgan fingerprint density at radius 3 is 2.88 bits per heavy atom. The molecule has 0 saturated heterocycles. The van der Waals surface area contributed by atoms with Crippen molar-refractivity contribution in [2.75, 3.05) is 6.61 Å². The van der Waals surface area contributed by atoms with Crippen molar-refractivity contribution in [2.45, 2.75) is 39.5 Å². The van der Waals surface area contributed by atoms with Crippen LogP contribution in [0.3, 0.4) is 0 Å². The van der Waals surface area contributed by atoms with Gasteiger partial charge in [0.25, 0.3) is 0 Å². The van der Waals surface area contributed by atoms with Crippen molar-refractivity contribution in [3.63, 3.8) is 0 Å². The Bertz CT molecular complexity index is 294. The maximum atomic E-state index is 11.7. The van der Waals surface area contributed by atoms with Crippen LogP contribution in [0.15, 0.2) is 12.2 Å². The van der Waals surface area contributed by atoms with Gasteiger partial charge in [0.1, 0.15) is 5.78 Å². The highest BCUT2D eigenvalue weighted by Crippen LogP contribution is 2.30. The average Bonchev–Trinajstić information content (AvgIpc) is 2.23. The summed E-state index contributed by atoms with van der Waals surface area (Å²) < 4.78 is 4.86. The van der Waals surface area contributed by atoms with Gasteiger partial charge in [0.05, 0.1) is 6.61 Å². The first kappa shape index (κ1) is 12.9. The molecule has 0 aromatic heterocycles. The van der Waals surface area contributed by atoms with E-state index in [-0.39, 0.29) is 17.7 Å². The van der Waals surface area contributed by atoms with Gasteiger partial charge in [-0.2, -0.15) is 0 Å². The number of esters is 1. The number of hydrogen-bond donors (Lipinski definition) is 0. The second-order valence-electron chi connectivity index (χ2n) is 4.57. The SMILES string of the molecule is C=C(CC1CC(C)CCC1=O)C(=O)OCC. The summed E-state index contributed by atoms with van der Waals surface area (Å²) in [5, 5.41) is 0. The smallest absolute Gasteiger partial charge is 0.333 e. The molecule has 3 nitrogen and oxygen atoms in total. The molecule has 0 aromatic rings. The first-order chi connectivity index (χ1) is 7.54. The zero-order valence-electron chi connectivity index (χ0n) is 10.1. The molecule has 1 aliphatic rings. The fourth-order valence-corrected chi connectivity index (χ4v) is 2.14. The summed E-state index contributed by atoms with van der Waals surface area (Å²) in [6, 6.07) is 0. The van der Waals surface area contributed by atoms with Gasteiger partial charge in [0.2, 0.25) is 0 Å². The molecule has 2 unspecified atom stereocenters. The molecule has 0 radical (unpaired) electrons. The molecule has 0 aromatic carbocycles. The Morgan fingerprint density at radius 2 is 2.25 bits per heavy atom. The summed E-state index contributed by atoms with van der Waals surface area (Å²) in [6.45, 7) is 7.96. The van der Waals surface area contributed by atoms with Crippen molar-refractivity contribution >= 4 is 11.8 Å². The summed E-state index contributed by atoms with van der Waals surface area (Å²) in [7, 11) is 0. The zero-order chi connectivity index (χ0) is 12.1. The largest absolute Gasteiger partial charge is 0.463 e. The van der Waals surface area contributed by atoms with E-state index in [1.54, 1.807) is 6.92 Å². The summed E-state index contributed by atoms with van der Waals surface area (Å²) in [4.78, 5) is 23.0. The van der Waals surface area contributed by atoms with Gasteiger partial charge in [-0.1, -0.05) is 13.5 Å². The van der Waals surface area contributed by atoms with E-state index in [0.29, 0.717) is 30.9 Å². The predicted molar refractivity (Wildman–Crippen MR) is 61.9 cm³/mol. The molecule has 3 heteroatoms. The van der Waals surface area contributed by atoms with Crippen LogP contribution < -0.4 is 0 Å². The zero-order valence-corrected chi connectivity index (χ0v) is 10.1. The number of Topliss-reactive ketones (excluding diaryl/α,β-unsaturated/α-hetero) is 1. The molecule has 0 spiro atoms. The molecule has 1 aliphatic carbocycles. The number of ketones is 1. The highest BCUT2D eigenvalue weighted by atomic mass is 16.5. The normalized spacial score (nSPS) is 25.2. The lowest BCUT2D eigenvalue weighted by molar-refractivity contribution is -0.138. The second kappa shape index (κ2) is 5.83. The molecule has 0 aliphatic heterocycles. The minimum atomic E-state index is -0.367. The summed E-state index contributed by atoms with van der Waals surface area (Å²) >= 11 is 0. The quantitative estimate of drug-likeness (QED) is 0.544. The van der Waals surface area contributed by atoms with Crippen LogP contribution in [-0.2, 0) is 14.3 Å². The fourth-order valence-electron chi connectivity index (χ4n) is 2.14. The van der Waals surface area contributed by atoms with Gasteiger partial charge in [-0.25, -0.2) is 4.79 Å². The van der Waals surface area contributed by atoms with Crippen molar-refractivity contribution < 1.29 is 14.3 Å². The molecular weight excluding hydrogens is 204 g/mol. The van der Waals surface area contributed by atoms with Crippen LogP contribution in [0.2, 0.25) is 0 Å². The second-order valence-corrected chi connectivity index (χ2v) is 4.57. The number of hydrogen-bond acceptors (Lipinski definition) is 3. The predicted octanol–water partition coefficient (Wildman–Crippen LogP) is 2.50. The molecule has 16 heavy (non-hydrogen) atoms. The third-order valence-electron chi connectivity index (χ3n) is 3.08. The van der Waals surface area contributed by atoms with Crippen molar-refractivity contribution in [1.82, 2.24) is 0 Å². The lowest BCUT2D eigenvalue weighted by Gasteiger charge is -2.25. The van der Waals surface area contributed by atoms with Gasteiger partial charge in [-0.05, 0) is 32.1 Å². The number of carbonyl (C=O) groups is 2. The maximum Gasteiger partial charge on any atom is 0.333 e. The van der Waals surface area contributed by atoms with Gasteiger partial charge in [0.15, 0.2) is 0 Å². The molecule has 1 saturated carbocycles. The van der Waals surface area contributed by atoms with Crippen molar-refractivity contribution in [3.8, 4) is 0 Å². The molecule has 0 bridgehead atoms. The lowest BCUT2D eigenvalue weighted by atomic mass is 9.78. The monoisotopic (exact) mass is 224 g/mol. The van der Waals surface area contributed by atoms with Crippen molar-refractivity contribution in [1.29, 1.82) is 0 Å². The van der Waals surface area contributed by atoms with E-state index in [1.807, 2.05) is 0 Å². The van der Waals surface area contributed by atoms with Gasteiger partial charge in [0, 0.05) is 17.9 Å². The van der Waals surface area contributed by atoms with Crippen LogP contribution in [0.4, 0.5) is 0 Å². The van der Waals surface area contributed by atoms with Crippen molar-refractivity contribution in [2.24, 2.45) is 11.8 Å². The molecule has 90 valence electrons. The third-order valence-corrected chi connectivity index (χ3v) is 3.08. The summed E-state index contributed by atoms with van der Waals surface area (Å²) in [6.07, 6.45) is 2.95. The molecular formula is C13H20O3. The molecule has 2 atom stereocenters. The minimum Gasteiger partial charge on any atom is -0.463 e. The van der Waals surface area contributed by atoms with Crippen LogP contribution in [0.25, 0.3) is 0 Å². The van der Waals surface area contributed by atoms with Crippen LogP contribution in [0.5, 0.6) is 0 Å². The third kappa shape index (κ3) is 3.47. The van der Waals surface area contributed by atoms with E-state index >= 15 is 0 Å². The first-order valence-electron chi connectivity index (χ1n) is 5.92. The average molecular weight is 224 g/mol. The van der Waals surface area contributed by atoms with E-state index in [4.69, 9.17) is 4.74 Å². The minimum absolute atomic E-state index is 0.0272. The lowest BCUT2D eigenvalue weighted by Crippen LogP contribution is -2.25. The summed E-state index contributed by atoms with van der Waals surface area (Å²) in [5.41, 5.74) is 0.425. The van der Waals surface area contributed by atoms with Crippen LogP contribution in [0, 0.1) is 11.8 Å². The topological polar surface area (TPSA) is 43.4 Å². The first-order valence-corrected chi connectivity index (χ1v) is 5.92. The highest BCUT2D eigenvalue weighted by molar-refractivity contribution is 5.90. The van der Waals surface area contributed by atoms with Gasteiger partial charge in [-0.3, -0.25) is 4.79 Å². The van der Waals surface area contributed by atoms with Crippen LogP contribution >= 0.6 is 0 Å². The number of carbonyl (C=O) groups excluding carboxylic acids is 2. The standard InChI is InChI=1S/C13H20O3/c1-4-16-13(15)10(3)8-11-7-9(2)5-6-12(11)14/h9,11H,3-8H2,1-2H3. The van der Waals surface area contributed by atoms with Crippen LogP contribution in [0.1, 0.15) is 39.5 Å². The van der Waals surface area contributed by atoms with E-state index in [2.05, 4.69) is 13.5 Å². The van der Waals surface area contributed by atoms with Gasteiger partial charge < -0.3 is 4.74 Å². The molecule has 0 N–H and O–H groups in total.